The van der Waals surface area contributed by atoms with E-state index in [0.29, 0.717) is 33.6 Å². The molecular weight excluding hydrogens is 348 g/mol. The van der Waals surface area contributed by atoms with Gasteiger partial charge in [-0.2, -0.15) is 0 Å². The smallest absolute Gasteiger partial charge is 0.309 e. The number of aromatic amines is 1. The maximum Gasteiger partial charge on any atom is 0.329 e. The third-order valence-electron chi connectivity index (χ3n) is 3.59. The Morgan fingerprint density at radius 2 is 2.12 bits per heavy atom. The standard InChI is InChI=1S/C16H15ClN4O2S/c1-3-8-24-16-18-13-12(14(22)19-15(23)20(13)2)21(16)9-10-6-4-5-7-11(10)17/h3-7H,1,8-9H2,2H3,(H,19,22,23). The number of aromatic nitrogens is 4. The molecule has 0 amide bonds. The number of hydrogen-bond acceptors (Lipinski definition) is 4. The fourth-order valence-corrected chi connectivity index (χ4v) is 3.33. The number of halogens is 1. The zero-order chi connectivity index (χ0) is 17.3. The van der Waals surface area contributed by atoms with Crippen LogP contribution in [-0.2, 0) is 13.6 Å². The number of hydrogen-bond donors (Lipinski definition) is 1. The molecule has 3 aromatic rings. The minimum atomic E-state index is -0.491. The van der Waals surface area contributed by atoms with Crippen molar-refractivity contribution < 1.29 is 0 Å². The molecule has 3 rings (SSSR count). The van der Waals surface area contributed by atoms with Crippen molar-refractivity contribution in [2.24, 2.45) is 7.05 Å². The zero-order valence-electron chi connectivity index (χ0n) is 13.0. The van der Waals surface area contributed by atoms with Gasteiger partial charge in [0, 0.05) is 17.8 Å². The molecule has 0 radical (unpaired) electrons. The summed E-state index contributed by atoms with van der Waals surface area (Å²) in [4.78, 5) is 31.0. The van der Waals surface area contributed by atoms with Gasteiger partial charge in [-0.05, 0) is 11.6 Å². The first kappa shape index (κ1) is 16.6. The van der Waals surface area contributed by atoms with Crippen LogP contribution < -0.4 is 11.2 Å². The van der Waals surface area contributed by atoms with Gasteiger partial charge in [-0.25, -0.2) is 9.78 Å². The Balaban J connectivity index is 2.25. The molecule has 1 N–H and O–H groups in total. The van der Waals surface area contributed by atoms with Crippen molar-refractivity contribution in [3.8, 4) is 0 Å². The van der Waals surface area contributed by atoms with Crippen molar-refractivity contribution in [2.45, 2.75) is 11.7 Å². The molecular formula is C16H15ClN4O2S. The Labute approximate surface area is 146 Å². The highest BCUT2D eigenvalue weighted by molar-refractivity contribution is 7.99. The van der Waals surface area contributed by atoms with Crippen LogP contribution in [0.1, 0.15) is 5.56 Å². The molecule has 2 heterocycles. The summed E-state index contributed by atoms with van der Waals surface area (Å²) >= 11 is 7.69. The van der Waals surface area contributed by atoms with Crippen LogP contribution in [0.4, 0.5) is 0 Å². The summed E-state index contributed by atoms with van der Waals surface area (Å²) in [7, 11) is 1.58. The van der Waals surface area contributed by atoms with Crippen molar-refractivity contribution in [1.82, 2.24) is 19.1 Å². The van der Waals surface area contributed by atoms with E-state index in [1.54, 1.807) is 23.8 Å². The molecule has 0 saturated carbocycles. The van der Waals surface area contributed by atoms with E-state index >= 15 is 0 Å². The Morgan fingerprint density at radius 1 is 1.38 bits per heavy atom. The summed E-state index contributed by atoms with van der Waals surface area (Å²) in [5.41, 5.74) is 0.617. The van der Waals surface area contributed by atoms with Crippen molar-refractivity contribution in [3.63, 3.8) is 0 Å². The van der Waals surface area contributed by atoms with Gasteiger partial charge < -0.3 is 4.57 Å². The van der Waals surface area contributed by atoms with Gasteiger partial charge in [-0.15, -0.1) is 6.58 Å². The molecule has 24 heavy (non-hydrogen) atoms. The maximum absolute atomic E-state index is 12.3. The second kappa shape index (κ2) is 6.70. The first-order valence-electron chi connectivity index (χ1n) is 7.19. The Hall–Kier alpha value is -2.25. The van der Waals surface area contributed by atoms with Gasteiger partial charge in [0.25, 0.3) is 5.56 Å². The summed E-state index contributed by atoms with van der Waals surface area (Å²) in [6.45, 7) is 4.09. The van der Waals surface area contributed by atoms with Gasteiger partial charge in [-0.3, -0.25) is 14.3 Å². The Morgan fingerprint density at radius 3 is 2.83 bits per heavy atom. The fraction of sp³-hybridized carbons (Fsp3) is 0.188. The number of nitrogens with zero attached hydrogens (tertiary/aromatic N) is 3. The Bertz CT molecular complexity index is 1030. The first-order chi connectivity index (χ1) is 11.5. The second-order valence-corrected chi connectivity index (χ2v) is 6.56. The number of nitrogens with one attached hydrogen (secondary N) is 1. The van der Waals surface area contributed by atoms with Crippen LogP contribution in [0.25, 0.3) is 11.2 Å². The van der Waals surface area contributed by atoms with Gasteiger partial charge >= 0.3 is 5.69 Å². The molecule has 0 aliphatic heterocycles. The SMILES string of the molecule is C=CCSc1nc2c(c(=O)[nH]c(=O)n2C)n1Cc1ccccc1Cl. The molecule has 0 spiro atoms. The number of fused-ring (bicyclic) bond motifs is 1. The minimum absolute atomic E-state index is 0.349. The highest BCUT2D eigenvalue weighted by atomic mass is 35.5. The highest BCUT2D eigenvalue weighted by Gasteiger charge is 2.18. The molecule has 6 nitrogen and oxygen atoms in total. The van der Waals surface area contributed by atoms with E-state index < -0.39 is 11.2 Å². The second-order valence-electron chi connectivity index (χ2n) is 5.16. The van der Waals surface area contributed by atoms with E-state index in [1.165, 1.54) is 16.3 Å². The number of thioether (sulfide) groups is 1. The normalized spacial score (nSPS) is 11.1. The van der Waals surface area contributed by atoms with Gasteiger partial charge in [0.05, 0.1) is 6.54 Å². The first-order valence-corrected chi connectivity index (χ1v) is 8.56. The molecule has 0 aliphatic rings. The van der Waals surface area contributed by atoms with E-state index in [4.69, 9.17) is 11.6 Å². The molecule has 1 aromatic carbocycles. The van der Waals surface area contributed by atoms with Crippen LogP contribution in [0.5, 0.6) is 0 Å². The van der Waals surface area contributed by atoms with Crippen LogP contribution >= 0.6 is 23.4 Å². The average Bonchev–Trinajstić information content (AvgIpc) is 2.92. The number of benzene rings is 1. The van der Waals surface area contributed by atoms with E-state index in [9.17, 15) is 9.59 Å². The lowest BCUT2D eigenvalue weighted by Crippen LogP contribution is -2.29. The third kappa shape index (κ3) is 2.92. The van der Waals surface area contributed by atoms with Crippen molar-refractivity contribution in [2.75, 3.05) is 5.75 Å². The Kier molecular flexibility index (Phi) is 4.64. The molecule has 0 unspecified atom stereocenters. The number of rotatable bonds is 5. The molecule has 0 fully saturated rings. The summed E-state index contributed by atoms with van der Waals surface area (Å²) in [6, 6.07) is 7.43. The van der Waals surface area contributed by atoms with Gasteiger partial charge in [-0.1, -0.05) is 47.6 Å². The largest absolute Gasteiger partial charge is 0.329 e. The zero-order valence-corrected chi connectivity index (χ0v) is 14.5. The molecule has 2 aromatic heterocycles. The van der Waals surface area contributed by atoms with Crippen LogP contribution in [0, 0.1) is 0 Å². The molecule has 0 saturated heterocycles. The van der Waals surface area contributed by atoms with Crippen molar-refractivity contribution >= 4 is 34.5 Å². The quantitative estimate of drug-likeness (QED) is 0.558. The monoisotopic (exact) mass is 362 g/mol. The lowest BCUT2D eigenvalue weighted by Gasteiger charge is -2.09. The predicted molar refractivity (Wildman–Crippen MR) is 97.1 cm³/mol. The maximum atomic E-state index is 12.3. The summed E-state index contributed by atoms with van der Waals surface area (Å²) in [5, 5.41) is 1.25. The molecule has 124 valence electrons. The average molecular weight is 363 g/mol. The number of H-pyrrole nitrogens is 1. The van der Waals surface area contributed by atoms with Crippen molar-refractivity contribution in [1.29, 1.82) is 0 Å². The topological polar surface area (TPSA) is 72.7 Å². The summed E-state index contributed by atoms with van der Waals surface area (Å²) in [6.07, 6.45) is 1.76. The molecule has 0 atom stereocenters. The highest BCUT2D eigenvalue weighted by Crippen LogP contribution is 2.25. The van der Waals surface area contributed by atoms with Crippen molar-refractivity contribution in [3.05, 3.63) is 68.3 Å². The number of imidazole rings is 1. The van der Waals surface area contributed by atoms with E-state index in [0.717, 1.165) is 5.56 Å². The fourth-order valence-electron chi connectivity index (χ4n) is 2.40. The minimum Gasteiger partial charge on any atom is -0.309 e. The lowest BCUT2D eigenvalue weighted by atomic mass is 10.2. The lowest BCUT2D eigenvalue weighted by molar-refractivity contribution is 0.728. The van der Waals surface area contributed by atoms with Gasteiger partial charge in [0.1, 0.15) is 0 Å². The number of aryl methyl sites for hydroxylation is 1. The van der Waals surface area contributed by atoms with Crippen LogP contribution in [-0.4, -0.2) is 24.9 Å². The van der Waals surface area contributed by atoms with Gasteiger partial charge in [0.2, 0.25) is 0 Å². The van der Waals surface area contributed by atoms with Crippen LogP contribution in [0.15, 0.2) is 51.7 Å². The molecule has 8 heteroatoms. The van der Waals surface area contributed by atoms with E-state index in [-0.39, 0.29) is 0 Å². The van der Waals surface area contributed by atoms with E-state index in [1.807, 2.05) is 18.2 Å². The predicted octanol–water partition coefficient (Wildman–Crippen LogP) is 2.40. The third-order valence-corrected chi connectivity index (χ3v) is 4.93. The molecule has 0 aliphatic carbocycles. The van der Waals surface area contributed by atoms with E-state index in [2.05, 4.69) is 16.5 Å². The van der Waals surface area contributed by atoms with Gasteiger partial charge in [0.15, 0.2) is 16.3 Å². The summed E-state index contributed by atoms with van der Waals surface area (Å²) in [5.74, 6) is 0.637. The summed E-state index contributed by atoms with van der Waals surface area (Å²) < 4.78 is 3.11. The van der Waals surface area contributed by atoms with Crippen LogP contribution in [0.3, 0.4) is 0 Å². The molecule has 0 bridgehead atoms. The van der Waals surface area contributed by atoms with Crippen LogP contribution in [0.2, 0.25) is 5.02 Å².